The minimum absolute atomic E-state index is 0.115. The van der Waals surface area contributed by atoms with Crippen LogP contribution in [0.15, 0.2) is 18.2 Å². The zero-order chi connectivity index (χ0) is 16.4. The fraction of sp³-hybridized carbons (Fsp3) is 0.611. The minimum Gasteiger partial charge on any atom is -0.352 e. The first-order chi connectivity index (χ1) is 10.6. The Morgan fingerprint density at radius 2 is 1.82 bits per heavy atom. The molecular weight excluding hydrogens is 317 g/mol. The highest BCUT2D eigenvalue weighted by molar-refractivity contribution is 6.42. The highest BCUT2D eigenvalue weighted by Gasteiger charge is 2.15. The van der Waals surface area contributed by atoms with Crippen LogP contribution in [0.2, 0.25) is 10.0 Å². The Labute approximate surface area is 144 Å². The molecule has 0 saturated carbocycles. The van der Waals surface area contributed by atoms with E-state index in [9.17, 15) is 4.79 Å². The zero-order valence-corrected chi connectivity index (χ0v) is 15.1. The number of unbranched alkanes of at least 4 members (excludes halogenated alkanes) is 4. The Balaban J connectivity index is 2.36. The summed E-state index contributed by atoms with van der Waals surface area (Å²) in [5.41, 5.74) is 0.973. The van der Waals surface area contributed by atoms with Crippen LogP contribution in [0.1, 0.15) is 64.4 Å². The van der Waals surface area contributed by atoms with E-state index in [1.54, 1.807) is 12.1 Å². The monoisotopic (exact) mass is 343 g/mol. The summed E-state index contributed by atoms with van der Waals surface area (Å²) in [6, 6.07) is 5.45. The van der Waals surface area contributed by atoms with Crippen molar-refractivity contribution in [2.24, 2.45) is 5.92 Å². The predicted molar refractivity (Wildman–Crippen MR) is 95.5 cm³/mol. The molecule has 1 amide bonds. The van der Waals surface area contributed by atoms with E-state index in [2.05, 4.69) is 19.2 Å². The van der Waals surface area contributed by atoms with Gasteiger partial charge in [0, 0.05) is 12.5 Å². The molecule has 0 heterocycles. The van der Waals surface area contributed by atoms with E-state index in [1.165, 1.54) is 25.7 Å². The van der Waals surface area contributed by atoms with Crippen molar-refractivity contribution in [2.75, 3.05) is 0 Å². The molecule has 0 saturated heterocycles. The number of hydrogen-bond donors (Lipinski definition) is 1. The normalized spacial score (nSPS) is 12.2. The Morgan fingerprint density at radius 1 is 1.09 bits per heavy atom. The predicted octanol–water partition coefficient (Wildman–Crippen LogP) is 6.00. The molecule has 0 radical (unpaired) electrons. The van der Waals surface area contributed by atoms with Crippen LogP contribution < -0.4 is 5.32 Å². The highest BCUT2D eigenvalue weighted by atomic mass is 35.5. The third kappa shape index (κ3) is 7.02. The van der Waals surface area contributed by atoms with Crippen LogP contribution in [-0.4, -0.2) is 5.91 Å². The molecule has 22 heavy (non-hydrogen) atoms. The van der Waals surface area contributed by atoms with Crippen molar-refractivity contribution in [1.82, 2.24) is 5.32 Å². The molecule has 0 aromatic heterocycles. The van der Waals surface area contributed by atoms with Gasteiger partial charge >= 0.3 is 0 Å². The van der Waals surface area contributed by atoms with Crippen molar-refractivity contribution in [1.29, 1.82) is 0 Å². The van der Waals surface area contributed by atoms with Gasteiger partial charge in [0.05, 0.1) is 10.0 Å². The average Bonchev–Trinajstić information content (AvgIpc) is 2.52. The molecule has 1 aromatic rings. The molecule has 4 heteroatoms. The molecule has 2 nitrogen and oxygen atoms in total. The molecule has 1 aromatic carbocycles. The van der Waals surface area contributed by atoms with Crippen LogP contribution in [0.3, 0.4) is 0 Å². The zero-order valence-electron chi connectivity index (χ0n) is 13.6. The van der Waals surface area contributed by atoms with Crippen LogP contribution in [0, 0.1) is 5.92 Å². The average molecular weight is 344 g/mol. The summed E-state index contributed by atoms with van der Waals surface area (Å²) in [5, 5.41) is 4.07. The second-order valence-corrected chi connectivity index (χ2v) is 6.59. The molecule has 0 aliphatic heterocycles. The Morgan fingerprint density at radius 3 is 2.45 bits per heavy atom. The lowest BCUT2D eigenvalue weighted by Crippen LogP contribution is -2.30. The summed E-state index contributed by atoms with van der Waals surface area (Å²) in [7, 11) is 0. The van der Waals surface area contributed by atoms with Crippen molar-refractivity contribution in [3.8, 4) is 0 Å². The summed E-state index contributed by atoms with van der Waals surface area (Å²) in [5.74, 6) is 0.258. The third-order valence-electron chi connectivity index (χ3n) is 3.97. The second kappa shape index (κ2) is 10.9. The van der Waals surface area contributed by atoms with Gasteiger partial charge in [-0.15, -0.1) is 0 Å². The van der Waals surface area contributed by atoms with E-state index in [4.69, 9.17) is 23.2 Å². The molecule has 1 rings (SSSR count). The van der Waals surface area contributed by atoms with Crippen molar-refractivity contribution < 1.29 is 4.79 Å². The lowest BCUT2D eigenvalue weighted by Gasteiger charge is -2.15. The van der Waals surface area contributed by atoms with Gasteiger partial charge < -0.3 is 5.32 Å². The smallest absolute Gasteiger partial charge is 0.223 e. The van der Waals surface area contributed by atoms with Gasteiger partial charge in [0.2, 0.25) is 5.91 Å². The van der Waals surface area contributed by atoms with Gasteiger partial charge in [0.1, 0.15) is 0 Å². The van der Waals surface area contributed by atoms with E-state index in [0.29, 0.717) is 16.6 Å². The molecule has 0 aliphatic carbocycles. The molecule has 1 N–H and O–H groups in total. The van der Waals surface area contributed by atoms with E-state index >= 15 is 0 Å². The molecule has 0 bridgehead atoms. The maximum absolute atomic E-state index is 12.2. The number of amides is 1. The van der Waals surface area contributed by atoms with Gasteiger partial charge in [-0.1, -0.05) is 75.2 Å². The van der Waals surface area contributed by atoms with Crippen molar-refractivity contribution in [3.63, 3.8) is 0 Å². The maximum Gasteiger partial charge on any atom is 0.223 e. The number of halogens is 2. The van der Waals surface area contributed by atoms with Crippen molar-refractivity contribution >= 4 is 29.1 Å². The van der Waals surface area contributed by atoms with E-state index in [1.807, 2.05) is 6.07 Å². The molecule has 124 valence electrons. The van der Waals surface area contributed by atoms with Gasteiger partial charge in [0.25, 0.3) is 0 Å². The number of carbonyl (C=O) groups excluding carboxylic acids is 1. The third-order valence-corrected chi connectivity index (χ3v) is 4.71. The summed E-state index contributed by atoms with van der Waals surface area (Å²) >= 11 is 11.9. The molecule has 0 fully saturated rings. The lowest BCUT2D eigenvalue weighted by atomic mass is 9.97. The SMILES string of the molecule is CCCCCCCC(CC)C(=O)NCc1ccc(Cl)c(Cl)c1. The topological polar surface area (TPSA) is 29.1 Å². The van der Waals surface area contributed by atoms with Crippen LogP contribution >= 0.6 is 23.2 Å². The second-order valence-electron chi connectivity index (χ2n) is 5.77. The summed E-state index contributed by atoms with van der Waals surface area (Å²) in [6.45, 7) is 4.79. The number of benzene rings is 1. The Kier molecular flexibility index (Phi) is 9.58. The number of nitrogens with one attached hydrogen (secondary N) is 1. The fourth-order valence-electron chi connectivity index (χ4n) is 2.50. The first kappa shape index (κ1) is 19.3. The van der Waals surface area contributed by atoms with Crippen LogP contribution in [0.4, 0.5) is 0 Å². The summed E-state index contributed by atoms with van der Waals surface area (Å²) < 4.78 is 0. The molecule has 0 spiro atoms. The van der Waals surface area contributed by atoms with Gasteiger partial charge in [-0.05, 0) is 30.5 Å². The van der Waals surface area contributed by atoms with Crippen LogP contribution in [0.25, 0.3) is 0 Å². The molecule has 0 aliphatic rings. The van der Waals surface area contributed by atoms with Crippen LogP contribution in [-0.2, 0) is 11.3 Å². The van der Waals surface area contributed by atoms with Crippen LogP contribution in [0.5, 0.6) is 0 Å². The van der Waals surface area contributed by atoms with Crippen molar-refractivity contribution in [3.05, 3.63) is 33.8 Å². The first-order valence-corrected chi connectivity index (χ1v) is 9.05. The van der Waals surface area contributed by atoms with Gasteiger partial charge in [-0.3, -0.25) is 4.79 Å². The number of hydrogen-bond acceptors (Lipinski definition) is 1. The summed E-state index contributed by atoms with van der Waals surface area (Å²) in [6.07, 6.45) is 8.05. The fourth-order valence-corrected chi connectivity index (χ4v) is 2.82. The number of rotatable bonds is 10. The van der Waals surface area contributed by atoms with Gasteiger partial charge in [-0.25, -0.2) is 0 Å². The summed E-state index contributed by atoms with van der Waals surface area (Å²) in [4.78, 5) is 12.2. The molecular formula is C18H27Cl2NO. The maximum atomic E-state index is 12.2. The highest BCUT2D eigenvalue weighted by Crippen LogP contribution is 2.22. The standard InChI is InChI=1S/C18H27Cl2NO/c1-3-5-6-7-8-9-15(4-2)18(22)21-13-14-10-11-16(19)17(20)12-14/h10-12,15H,3-9,13H2,1-2H3,(H,21,22). The minimum atomic E-state index is 0.115. The van der Waals surface area contributed by atoms with Crippen molar-refractivity contribution in [2.45, 2.75) is 65.3 Å². The van der Waals surface area contributed by atoms with E-state index in [-0.39, 0.29) is 11.8 Å². The molecule has 1 atom stereocenters. The van der Waals surface area contributed by atoms with Gasteiger partial charge in [0.15, 0.2) is 0 Å². The first-order valence-electron chi connectivity index (χ1n) is 8.30. The lowest BCUT2D eigenvalue weighted by molar-refractivity contribution is -0.125. The van der Waals surface area contributed by atoms with E-state index in [0.717, 1.165) is 24.8 Å². The Bertz CT molecular complexity index is 462. The molecule has 1 unspecified atom stereocenters. The van der Waals surface area contributed by atoms with E-state index < -0.39 is 0 Å². The Hall–Kier alpha value is -0.730. The number of carbonyl (C=O) groups is 1. The largest absolute Gasteiger partial charge is 0.352 e. The quantitative estimate of drug-likeness (QED) is 0.519. The van der Waals surface area contributed by atoms with Gasteiger partial charge in [-0.2, -0.15) is 0 Å².